The van der Waals surface area contributed by atoms with E-state index in [1.165, 1.54) is 6.07 Å². The quantitative estimate of drug-likeness (QED) is 0.788. The summed E-state index contributed by atoms with van der Waals surface area (Å²) in [5, 5.41) is 19.2. The van der Waals surface area contributed by atoms with E-state index in [2.05, 4.69) is 6.92 Å². The number of aromatic hydroxyl groups is 2. The minimum Gasteiger partial charge on any atom is -0.504 e. The fourth-order valence-corrected chi connectivity index (χ4v) is 2.02. The molecule has 0 aliphatic heterocycles. The van der Waals surface area contributed by atoms with Crippen LogP contribution in [0.15, 0.2) is 18.2 Å². The molecular formula is C14H19NO3. The normalized spacial score (nSPS) is 14.5. The van der Waals surface area contributed by atoms with Crippen molar-refractivity contribution in [2.24, 2.45) is 0 Å². The highest BCUT2D eigenvalue weighted by Gasteiger charge is 2.33. The summed E-state index contributed by atoms with van der Waals surface area (Å²) in [5.41, 5.74) is 0.193. The largest absolute Gasteiger partial charge is 0.504 e. The van der Waals surface area contributed by atoms with Crippen molar-refractivity contribution in [1.29, 1.82) is 0 Å². The maximum atomic E-state index is 12.4. The molecule has 1 amide bonds. The SMILES string of the molecule is CCCCN(C(=O)c1cccc(O)c1O)C1CC1. The number of para-hydroxylation sites is 1. The molecule has 0 radical (unpaired) electrons. The van der Waals surface area contributed by atoms with Crippen LogP contribution in [0.3, 0.4) is 0 Å². The highest BCUT2D eigenvalue weighted by molar-refractivity contribution is 5.98. The zero-order valence-electron chi connectivity index (χ0n) is 10.6. The van der Waals surface area contributed by atoms with Crippen LogP contribution in [0.4, 0.5) is 0 Å². The second-order valence-corrected chi connectivity index (χ2v) is 4.76. The molecule has 1 aliphatic rings. The third kappa shape index (κ3) is 2.58. The van der Waals surface area contributed by atoms with Crippen molar-refractivity contribution < 1.29 is 15.0 Å². The van der Waals surface area contributed by atoms with Crippen LogP contribution < -0.4 is 0 Å². The first kappa shape index (κ1) is 12.7. The van der Waals surface area contributed by atoms with Crippen LogP contribution in [0, 0.1) is 0 Å². The molecule has 4 heteroatoms. The Hall–Kier alpha value is -1.71. The fourth-order valence-electron chi connectivity index (χ4n) is 2.02. The monoisotopic (exact) mass is 249 g/mol. The van der Waals surface area contributed by atoms with E-state index in [9.17, 15) is 15.0 Å². The first-order valence-corrected chi connectivity index (χ1v) is 6.47. The van der Waals surface area contributed by atoms with Gasteiger partial charge in [0.15, 0.2) is 11.5 Å². The van der Waals surface area contributed by atoms with Gasteiger partial charge in [0.1, 0.15) is 0 Å². The summed E-state index contributed by atoms with van der Waals surface area (Å²) in [4.78, 5) is 14.2. The number of unbranched alkanes of at least 4 members (excludes halogenated alkanes) is 1. The van der Waals surface area contributed by atoms with Crippen LogP contribution in [0.1, 0.15) is 43.0 Å². The Morgan fingerprint density at radius 1 is 1.39 bits per heavy atom. The fraction of sp³-hybridized carbons (Fsp3) is 0.500. The van der Waals surface area contributed by atoms with Gasteiger partial charge in [-0.3, -0.25) is 4.79 Å². The minimum absolute atomic E-state index is 0.181. The molecule has 98 valence electrons. The first-order chi connectivity index (χ1) is 8.65. The molecule has 1 aliphatic carbocycles. The van der Waals surface area contributed by atoms with Crippen molar-refractivity contribution in [2.45, 2.75) is 38.6 Å². The summed E-state index contributed by atoms with van der Waals surface area (Å²) in [7, 11) is 0. The van der Waals surface area contributed by atoms with Crippen molar-refractivity contribution >= 4 is 5.91 Å². The molecule has 2 N–H and O–H groups in total. The summed E-state index contributed by atoms with van der Waals surface area (Å²) in [5.74, 6) is -0.740. The molecule has 0 spiro atoms. The zero-order chi connectivity index (χ0) is 13.1. The van der Waals surface area contributed by atoms with E-state index in [4.69, 9.17) is 0 Å². The number of carbonyl (C=O) groups excluding carboxylic acids is 1. The number of carbonyl (C=O) groups is 1. The van der Waals surface area contributed by atoms with Gasteiger partial charge in [0.05, 0.1) is 5.56 Å². The van der Waals surface area contributed by atoms with Crippen LogP contribution in [0.2, 0.25) is 0 Å². The minimum atomic E-state index is -0.315. The lowest BCUT2D eigenvalue weighted by Crippen LogP contribution is -2.34. The predicted molar refractivity (Wildman–Crippen MR) is 68.7 cm³/mol. The van der Waals surface area contributed by atoms with Crippen molar-refractivity contribution in [1.82, 2.24) is 4.90 Å². The Balaban J connectivity index is 2.19. The molecule has 0 heterocycles. The van der Waals surface area contributed by atoms with Gasteiger partial charge in [-0.05, 0) is 31.4 Å². The van der Waals surface area contributed by atoms with E-state index in [0.717, 1.165) is 32.2 Å². The van der Waals surface area contributed by atoms with Crippen LogP contribution >= 0.6 is 0 Å². The van der Waals surface area contributed by atoms with Gasteiger partial charge in [0.2, 0.25) is 0 Å². The molecule has 0 aromatic heterocycles. The summed E-state index contributed by atoms with van der Waals surface area (Å²) >= 11 is 0. The molecule has 18 heavy (non-hydrogen) atoms. The number of hydrogen-bond donors (Lipinski definition) is 2. The average molecular weight is 249 g/mol. The molecule has 1 saturated carbocycles. The summed E-state index contributed by atoms with van der Waals surface area (Å²) in [6.07, 6.45) is 4.06. The van der Waals surface area contributed by atoms with Gasteiger partial charge in [-0.15, -0.1) is 0 Å². The molecule has 4 nitrogen and oxygen atoms in total. The highest BCUT2D eigenvalue weighted by Crippen LogP contribution is 2.33. The third-order valence-corrected chi connectivity index (χ3v) is 3.25. The molecule has 0 saturated heterocycles. The van der Waals surface area contributed by atoms with Crippen molar-refractivity contribution in [3.8, 4) is 11.5 Å². The second-order valence-electron chi connectivity index (χ2n) is 4.76. The van der Waals surface area contributed by atoms with Crippen LogP contribution in [-0.2, 0) is 0 Å². The van der Waals surface area contributed by atoms with Crippen molar-refractivity contribution in [3.63, 3.8) is 0 Å². The molecule has 0 bridgehead atoms. The number of nitrogens with zero attached hydrogens (tertiary/aromatic N) is 1. The molecule has 1 aromatic carbocycles. The standard InChI is InChI=1S/C14H19NO3/c1-2-3-9-15(10-7-8-10)14(18)11-5-4-6-12(16)13(11)17/h4-6,10,16-17H,2-3,7-9H2,1H3. The number of benzene rings is 1. The Morgan fingerprint density at radius 2 is 2.11 bits per heavy atom. The Bertz CT molecular complexity index is 441. The lowest BCUT2D eigenvalue weighted by molar-refractivity contribution is 0.0737. The lowest BCUT2D eigenvalue weighted by atomic mass is 10.1. The Morgan fingerprint density at radius 3 is 2.72 bits per heavy atom. The van der Waals surface area contributed by atoms with Gasteiger partial charge in [0, 0.05) is 12.6 Å². The van der Waals surface area contributed by atoms with E-state index < -0.39 is 0 Å². The van der Waals surface area contributed by atoms with E-state index in [0.29, 0.717) is 6.04 Å². The first-order valence-electron chi connectivity index (χ1n) is 6.47. The van der Waals surface area contributed by atoms with Gasteiger partial charge in [-0.2, -0.15) is 0 Å². The van der Waals surface area contributed by atoms with Crippen molar-refractivity contribution in [3.05, 3.63) is 23.8 Å². The summed E-state index contributed by atoms with van der Waals surface area (Å²) in [6, 6.07) is 4.82. The van der Waals surface area contributed by atoms with Gasteiger partial charge in [-0.1, -0.05) is 19.4 Å². The van der Waals surface area contributed by atoms with Crippen LogP contribution in [0.25, 0.3) is 0 Å². The summed E-state index contributed by atoms with van der Waals surface area (Å²) < 4.78 is 0. The predicted octanol–water partition coefficient (Wildman–Crippen LogP) is 2.50. The lowest BCUT2D eigenvalue weighted by Gasteiger charge is -2.22. The van der Waals surface area contributed by atoms with Crippen LogP contribution in [-0.4, -0.2) is 33.6 Å². The van der Waals surface area contributed by atoms with Gasteiger partial charge < -0.3 is 15.1 Å². The van der Waals surface area contributed by atoms with Gasteiger partial charge in [-0.25, -0.2) is 0 Å². The molecular weight excluding hydrogens is 230 g/mol. The third-order valence-electron chi connectivity index (χ3n) is 3.25. The van der Waals surface area contributed by atoms with E-state index in [1.54, 1.807) is 12.1 Å². The Kier molecular flexibility index (Phi) is 3.75. The number of phenolic OH excluding ortho intramolecular Hbond substituents is 2. The smallest absolute Gasteiger partial charge is 0.258 e. The van der Waals surface area contributed by atoms with E-state index >= 15 is 0 Å². The number of hydrogen-bond acceptors (Lipinski definition) is 3. The number of rotatable bonds is 5. The molecule has 2 rings (SSSR count). The second kappa shape index (κ2) is 5.29. The van der Waals surface area contributed by atoms with E-state index in [-0.39, 0.29) is 23.0 Å². The highest BCUT2D eigenvalue weighted by atomic mass is 16.3. The Labute approximate surface area is 107 Å². The summed E-state index contributed by atoms with van der Waals surface area (Å²) in [6.45, 7) is 2.80. The van der Waals surface area contributed by atoms with Crippen molar-refractivity contribution in [2.75, 3.05) is 6.54 Å². The molecule has 1 fully saturated rings. The van der Waals surface area contributed by atoms with Crippen LogP contribution in [0.5, 0.6) is 11.5 Å². The molecule has 0 unspecified atom stereocenters. The number of amides is 1. The average Bonchev–Trinajstić information content (AvgIpc) is 3.17. The maximum Gasteiger partial charge on any atom is 0.258 e. The zero-order valence-corrected chi connectivity index (χ0v) is 10.6. The topological polar surface area (TPSA) is 60.8 Å². The molecule has 0 atom stereocenters. The van der Waals surface area contributed by atoms with E-state index in [1.807, 2.05) is 4.90 Å². The van der Waals surface area contributed by atoms with Gasteiger partial charge in [0.25, 0.3) is 5.91 Å². The van der Waals surface area contributed by atoms with Gasteiger partial charge >= 0.3 is 0 Å². The number of phenols is 2. The maximum absolute atomic E-state index is 12.4. The molecule has 1 aromatic rings.